The minimum Gasteiger partial charge on any atom is -0.506 e. The Labute approximate surface area is 145 Å². The molecule has 0 bridgehead atoms. The molecule has 1 aliphatic heterocycles. The van der Waals surface area contributed by atoms with Crippen LogP contribution in [0.25, 0.3) is 0 Å². The van der Waals surface area contributed by atoms with Crippen molar-refractivity contribution in [2.45, 2.75) is 0 Å². The summed E-state index contributed by atoms with van der Waals surface area (Å²) in [4.78, 5) is 33.0. The Morgan fingerprint density at radius 3 is 2.38 bits per heavy atom. The summed E-state index contributed by atoms with van der Waals surface area (Å²) in [5.74, 6) is -1.56. The van der Waals surface area contributed by atoms with Crippen LogP contribution in [0.2, 0.25) is 0 Å². The van der Waals surface area contributed by atoms with E-state index >= 15 is 0 Å². The number of anilines is 3. The summed E-state index contributed by atoms with van der Waals surface area (Å²) < 4.78 is 0. The molecule has 26 heavy (non-hydrogen) atoms. The molecule has 0 atom stereocenters. The number of para-hydroxylation sites is 2. The average molecular weight is 357 g/mol. The number of hydrogen-bond acceptors (Lipinski definition) is 8. The lowest BCUT2D eigenvalue weighted by Gasteiger charge is -2.07. The lowest BCUT2D eigenvalue weighted by atomic mass is 10.2. The van der Waals surface area contributed by atoms with Crippen molar-refractivity contribution < 1.29 is 19.7 Å². The summed E-state index contributed by atoms with van der Waals surface area (Å²) in [5, 5.41) is 39.3. The topological polar surface area (TPSA) is 160 Å². The Bertz CT molecular complexity index is 971. The van der Waals surface area contributed by atoms with Gasteiger partial charge in [0.25, 0.3) is 5.69 Å². The van der Waals surface area contributed by atoms with E-state index in [4.69, 9.17) is 0 Å². The van der Waals surface area contributed by atoms with Crippen LogP contribution < -0.4 is 16.0 Å². The van der Waals surface area contributed by atoms with Crippen LogP contribution in [-0.4, -0.2) is 20.9 Å². The quantitative estimate of drug-likeness (QED) is 0.280. The van der Waals surface area contributed by atoms with Crippen molar-refractivity contribution in [2.75, 3.05) is 16.0 Å². The number of benzene rings is 2. The zero-order valence-electron chi connectivity index (χ0n) is 12.9. The number of carbonyl (C=O) groups is 1. The third-order valence-electron chi connectivity index (χ3n) is 3.52. The van der Waals surface area contributed by atoms with Crippen LogP contribution in [0.15, 0.2) is 54.0 Å². The highest BCUT2D eigenvalue weighted by atomic mass is 16.6. The molecular weight excluding hydrogens is 346 g/mol. The summed E-state index contributed by atoms with van der Waals surface area (Å²) in [7, 11) is 0. The monoisotopic (exact) mass is 357 g/mol. The number of nitrogens with one attached hydrogen (secondary N) is 3. The van der Waals surface area contributed by atoms with Gasteiger partial charge in [-0.05, 0) is 18.2 Å². The molecule has 132 valence electrons. The fourth-order valence-corrected chi connectivity index (χ4v) is 2.33. The molecule has 0 unspecified atom stereocenters. The molecule has 0 aliphatic carbocycles. The number of non-ortho nitro benzene ring substituents is 1. The Morgan fingerprint density at radius 2 is 1.73 bits per heavy atom. The maximum Gasteiger partial charge on any atom is 0.373 e. The molecule has 0 radical (unpaired) electrons. The van der Waals surface area contributed by atoms with Crippen LogP contribution in [0.3, 0.4) is 0 Å². The standard InChI is InChI=1S/C15H11N5O6/c21-12-4-2-1-3-10(12)18-15(22)13(20(25)26)14-16-9-6-5-8(19(23)24)7-11(9)17-14/h1-7,16-17,21H,(H,18,22). The van der Waals surface area contributed by atoms with E-state index in [-0.39, 0.29) is 28.6 Å². The molecule has 11 heteroatoms. The van der Waals surface area contributed by atoms with Crippen molar-refractivity contribution in [3.63, 3.8) is 0 Å². The number of nitrogens with zero attached hydrogens (tertiary/aromatic N) is 2. The SMILES string of the molecule is O=C(Nc1ccccc1O)C(=C1Nc2ccc([N+](=O)[O-])cc2N1)[N+](=O)[O-]. The van der Waals surface area contributed by atoms with E-state index in [1.165, 1.54) is 42.5 Å². The highest BCUT2D eigenvalue weighted by Gasteiger charge is 2.32. The van der Waals surface area contributed by atoms with Gasteiger partial charge < -0.3 is 21.1 Å². The number of carbonyl (C=O) groups excluding carboxylic acids is 1. The van der Waals surface area contributed by atoms with E-state index < -0.39 is 21.5 Å². The minimum atomic E-state index is -1.08. The molecule has 11 nitrogen and oxygen atoms in total. The smallest absolute Gasteiger partial charge is 0.373 e. The highest BCUT2D eigenvalue weighted by molar-refractivity contribution is 6.04. The second-order valence-electron chi connectivity index (χ2n) is 5.19. The maximum absolute atomic E-state index is 12.3. The first-order valence-corrected chi connectivity index (χ1v) is 7.17. The first-order valence-electron chi connectivity index (χ1n) is 7.17. The number of fused-ring (bicyclic) bond motifs is 1. The van der Waals surface area contributed by atoms with E-state index in [2.05, 4.69) is 16.0 Å². The van der Waals surface area contributed by atoms with Crippen molar-refractivity contribution in [1.29, 1.82) is 0 Å². The molecule has 2 aromatic carbocycles. The minimum absolute atomic E-state index is 0.00333. The first kappa shape index (κ1) is 16.7. The number of nitro benzene ring substituents is 1. The molecular formula is C15H11N5O6. The Hall–Kier alpha value is -4.15. The predicted octanol–water partition coefficient (Wildman–Crippen LogP) is 2.22. The lowest BCUT2D eigenvalue weighted by molar-refractivity contribution is -0.419. The van der Waals surface area contributed by atoms with Crippen LogP contribution in [0.1, 0.15) is 0 Å². The first-order chi connectivity index (χ1) is 12.4. The molecule has 0 aromatic heterocycles. The van der Waals surface area contributed by atoms with Crippen LogP contribution in [-0.2, 0) is 4.79 Å². The molecule has 0 fully saturated rings. The van der Waals surface area contributed by atoms with Gasteiger partial charge in [-0.1, -0.05) is 12.1 Å². The van der Waals surface area contributed by atoms with Crippen LogP contribution in [0.5, 0.6) is 5.75 Å². The molecule has 1 amide bonds. The fraction of sp³-hybridized carbons (Fsp3) is 0. The Morgan fingerprint density at radius 1 is 1.04 bits per heavy atom. The molecule has 0 spiro atoms. The number of phenols is 1. The van der Waals surface area contributed by atoms with Crippen LogP contribution in [0, 0.1) is 20.2 Å². The zero-order chi connectivity index (χ0) is 18.8. The fourth-order valence-electron chi connectivity index (χ4n) is 2.33. The maximum atomic E-state index is 12.3. The van der Waals surface area contributed by atoms with Gasteiger partial charge in [0.1, 0.15) is 5.75 Å². The summed E-state index contributed by atoms with van der Waals surface area (Å²) in [6, 6.07) is 9.54. The summed E-state index contributed by atoms with van der Waals surface area (Å²) in [6.07, 6.45) is 0. The van der Waals surface area contributed by atoms with E-state index in [0.29, 0.717) is 5.69 Å². The number of phenolic OH excluding ortho intramolecular Hbond substituents is 1. The second kappa shape index (κ2) is 6.39. The van der Waals surface area contributed by atoms with Gasteiger partial charge >= 0.3 is 11.6 Å². The molecule has 0 saturated carbocycles. The molecule has 4 N–H and O–H groups in total. The third kappa shape index (κ3) is 3.08. The van der Waals surface area contributed by atoms with Crippen molar-refractivity contribution in [1.82, 2.24) is 0 Å². The zero-order valence-corrected chi connectivity index (χ0v) is 12.9. The molecule has 3 rings (SSSR count). The van der Waals surface area contributed by atoms with Crippen LogP contribution >= 0.6 is 0 Å². The van der Waals surface area contributed by atoms with Crippen molar-refractivity contribution in [3.8, 4) is 5.75 Å². The number of aromatic hydroxyl groups is 1. The predicted molar refractivity (Wildman–Crippen MR) is 91.1 cm³/mol. The van der Waals surface area contributed by atoms with E-state index in [9.17, 15) is 30.1 Å². The van der Waals surface area contributed by atoms with Gasteiger partial charge in [-0.25, -0.2) is 0 Å². The number of rotatable bonds is 4. The Kier molecular flexibility index (Phi) is 4.11. The highest BCUT2D eigenvalue weighted by Crippen LogP contribution is 2.35. The normalized spacial score (nSPS) is 13.8. The van der Waals surface area contributed by atoms with Gasteiger partial charge in [0.2, 0.25) is 0 Å². The second-order valence-corrected chi connectivity index (χ2v) is 5.19. The number of nitro groups is 2. The van der Waals surface area contributed by atoms with E-state index in [0.717, 1.165) is 0 Å². The molecule has 2 aromatic rings. The summed E-state index contributed by atoms with van der Waals surface area (Å²) in [6.45, 7) is 0. The number of amides is 1. The van der Waals surface area contributed by atoms with E-state index in [1.54, 1.807) is 0 Å². The number of hydrogen-bond donors (Lipinski definition) is 4. The van der Waals surface area contributed by atoms with Crippen LogP contribution in [0.4, 0.5) is 22.7 Å². The average Bonchev–Trinajstić information content (AvgIpc) is 2.98. The molecule has 1 aliphatic rings. The van der Waals surface area contributed by atoms with Gasteiger partial charge in [0, 0.05) is 12.1 Å². The van der Waals surface area contributed by atoms with E-state index in [1.807, 2.05) is 0 Å². The van der Waals surface area contributed by atoms with Crippen molar-refractivity contribution >= 4 is 28.7 Å². The van der Waals surface area contributed by atoms with Gasteiger partial charge in [-0.15, -0.1) is 0 Å². The van der Waals surface area contributed by atoms with Crippen molar-refractivity contribution in [2.24, 2.45) is 0 Å². The summed E-state index contributed by atoms with van der Waals surface area (Å²) >= 11 is 0. The van der Waals surface area contributed by atoms with Crippen molar-refractivity contribution in [3.05, 3.63) is 74.2 Å². The molecule has 0 saturated heterocycles. The Balaban J connectivity index is 1.93. The van der Waals surface area contributed by atoms with Gasteiger partial charge in [-0.3, -0.25) is 25.0 Å². The van der Waals surface area contributed by atoms with Gasteiger partial charge in [0.05, 0.1) is 26.9 Å². The third-order valence-corrected chi connectivity index (χ3v) is 3.52. The summed E-state index contributed by atoms with van der Waals surface area (Å²) in [5.41, 5.74) is -0.472. The van der Waals surface area contributed by atoms with Gasteiger partial charge in [-0.2, -0.15) is 0 Å². The largest absolute Gasteiger partial charge is 0.506 e. The molecule has 1 heterocycles. The lowest BCUT2D eigenvalue weighted by Crippen LogP contribution is -2.24. The van der Waals surface area contributed by atoms with Gasteiger partial charge in [0.15, 0.2) is 5.82 Å².